The molecule has 0 bridgehead atoms. The van der Waals surface area contributed by atoms with E-state index in [0.29, 0.717) is 43.6 Å². The van der Waals surface area contributed by atoms with E-state index in [1.807, 2.05) is 0 Å². The second kappa shape index (κ2) is 6.08. The standard InChI is InChI=1S/C14H15NO7/c16-14(21-10-5-3-9(4-6-10)15(17)18)22-12-8-20-13-11(12)2-1-7-19-13/h1,7-10H,2-6H2. The van der Waals surface area contributed by atoms with E-state index < -0.39 is 12.2 Å². The van der Waals surface area contributed by atoms with Gasteiger partial charge in [-0.3, -0.25) is 10.1 Å². The van der Waals surface area contributed by atoms with E-state index in [-0.39, 0.29) is 16.8 Å². The van der Waals surface area contributed by atoms with Crippen LogP contribution in [0.1, 0.15) is 31.2 Å². The minimum absolute atomic E-state index is 0.267. The molecule has 22 heavy (non-hydrogen) atoms. The molecule has 8 nitrogen and oxygen atoms in total. The average Bonchev–Trinajstić information content (AvgIpc) is 2.91. The normalized spacial score (nSPS) is 23.3. The first-order chi connectivity index (χ1) is 10.6. The van der Waals surface area contributed by atoms with E-state index in [4.69, 9.17) is 18.6 Å². The lowest BCUT2D eigenvalue weighted by molar-refractivity contribution is -0.527. The molecule has 2 aliphatic rings. The van der Waals surface area contributed by atoms with Crippen LogP contribution in [0.2, 0.25) is 0 Å². The Hall–Kier alpha value is -2.51. The first-order valence-corrected chi connectivity index (χ1v) is 7.07. The van der Waals surface area contributed by atoms with Crippen molar-refractivity contribution in [2.24, 2.45) is 0 Å². The number of allylic oxidation sites excluding steroid dienone is 1. The van der Waals surface area contributed by atoms with Gasteiger partial charge in [0.15, 0.2) is 5.75 Å². The van der Waals surface area contributed by atoms with Gasteiger partial charge in [-0.15, -0.1) is 0 Å². The van der Waals surface area contributed by atoms with Gasteiger partial charge in [-0.1, -0.05) is 0 Å². The lowest BCUT2D eigenvalue weighted by Crippen LogP contribution is -2.31. The monoisotopic (exact) mass is 309 g/mol. The third-order valence-electron chi connectivity index (χ3n) is 3.81. The minimum atomic E-state index is -0.831. The third kappa shape index (κ3) is 3.05. The Labute approximate surface area is 125 Å². The van der Waals surface area contributed by atoms with Crippen molar-refractivity contribution in [1.82, 2.24) is 0 Å². The molecule has 1 fully saturated rings. The summed E-state index contributed by atoms with van der Waals surface area (Å²) in [6, 6.07) is -0.541. The van der Waals surface area contributed by atoms with Crippen molar-refractivity contribution in [2.45, 2.75) is 44.2 Å². The molecule has 8 heteroatoms. The summed E-state index contributed by atoms with van der Waals surface area (Å²) in [7, 11) is 0. The van der Waals surface area contributed by atoms with Crippen LogP contribution in [0.15, 0.2) is 23.0 Å². The van der Waals surface area contributed by atoms with Crippen LogP contribution >= 0.6 is 0 Å². The van der Waals surface area contributed by atoms with E-state index in [0.717, 1.165) is 0 Å². The number of nitro groups is 1. The van der Waals surface area contributed by atoms with Gasteiger partial charge in [-0.2, -0.15) is 0 Å². The molecule has 1 aliphatic heterocycles. The van der Waals surface area contributed by atoms with E-state index in [1.54, 1.807) is 6.08 Å². The lowest BCUT2D eigenvalue weighted by atomic mass is 9.93. The van der Waals surface area contributed by atoms with Crippen molar-refractivity contribution in [1.29, 1.82) is 0 Å². The van der Waals surface area contributed by atoms with E-state index in [1.165, 1.54) is 12.5 Å². The van der Waals surface area contributed by atoms with E-state index >= 15 is 0 Å². The molecule has 1 aliphatic carbocycles. The summed E-state index contributed by atoms with van der Waals surface area (Å²) in [6.45, 7) is 0. The van der Waals surface area contributed by atoms with Crippen molar-refractivity contribution < 1.29 is 28.3 Å². The molecule has 0 amide bonds. The van der Waals surface area contributed by atoms with Crippen molar-refractivity contribution >= 4 is 6.16 Å². The van der Waals surface area contributed by atoms with Gasteiger partial charge in [0.25, 0.3) is 5.95 Å². The van der Waals surface area contributed by atoms with Crippen LogP contribution in [0, 0.1) is 10.1 Å². The number of hydrogen-bond acceptors (Lipinski definition) is 7. The number of fused-ring (bicyclic) bond motifs is 1. The Morgan fingerprint density at radius 2 is 2.09 bits per heavy atom. The second-order valence-electron chi connectivity index (χ2n) is 5.25. The molecule has 0 aromatic carbocycles. The first kappa shape index (κ1) is 14.4. The van der Waals surface area contributed by atoms with Crippen LogP contribution < -0.4 is 9.47 Å². The Bertz CT molecular complexity index is 598. The number of rotatable bonds is 3. The van der Waals surface area contributed by atoms with Gasteiger partial charge in [0.05, 0.1) is 11.8 Å². The van der Waals surface area contributed by atoms with Gasteiger partial charge in [-0.05, 0) is 18.9 Å². The number of ether oxygens (including phenoxy) is 3. The van der Waals surface area contributed by atoms with Crippen LogP contribution in [0.5, 0.6) is 11.7 Å². The fraction of sp³-hybridized carbons (Fsp3) is 0.500. The fourth-order valence-electron chi connectivity index (χ4n) is 2.62. The zero-order valence-corrected chi connectivity index (χ0v) is 11.7. The molecule has 0 N–H and O–H groups in total. The fourth-order valence-corrected chi connectivity index (χ4v) is 2.62. The Morgan fingerprint density at radius 3 is 2.82 bits per heavy atom. The van der Waals surface area contributed by atoms with Crippen molar-refractivity contribution in [3.8, 4) is 11.7 Å². The quantitative estimate of drug-likeness (QED) is 0.480. The maximum atomic E-state index is 11.8. The van der Waals surface area contributed by atoms with Gasteiger partial charge in [-0.25, -0.2) is 4.79 Å². The molecule has 0 atom stereocenters. The Morgan fingerprint density at radius 1 is 1.32 bits per heavy atom. The topological polar surface area (TPSA) is 101 Å². The maximum Gasteiger partial charge on any atom is 0.514 e. The zero-order valence-electron chi connectivity index (χ0n) is 11.7. The highest BCUT2D eigenvalue weighted by atomic mass is 16.7. The van der Waals surface area contributed by atoms with Crippen LogP contribution in [-0.2, 0) is 11.2 Å². The molecule has 3 rings (SSSR count). The maximum absolute atomic E-state index is 11.8. The van der Waals surface area contributed by atoms with E-state index in [2.05, 4.69) is 0 Å². The van der Waals surface area contributed by atoms with Crippen molar-refractivity contribution in [3.05, 3.63) is 34.3 Å². The number of hydrogen-bond donors (Lipinski definition) is 0. The molecule has 0 spiro atoms. The number of carbonyl (C=O) groups is 1. The Kier molecular flexibility index (Phi) is 3.99. The SMILES string of the molecule is O=C(Oc1coc2c1CC=CO2)OC1CCC([N+](=O)[O-])CC1. The summed E-state index contributed by atoms with van der Waals surface area (Å²) in [5.74, 6) is 0.570. The van der Waals surface area contributed by atoms with Crippen LogP contribution in [-0.4, -0.2) is 23.2 Å². The molecule has 1 saturated carbocycles. The molecule has 1 aromatic rings. The molecular formula is C14H15NO7. The summed E-state index contributed by atoms with van der Waals surface area (Å²) in [5.41, 5.74) is 0.650. The molecule has 1 aromatic heterocycles. The van der Waals surface area contributed by atoms with Gasteiger partial charge < -0.3 is 18.6 Å². The van der Waals surface area contributed by atoms with E-state index in [9.17, 15) is 14.9 Å². The van der Waals surface area contributed by atoms with Crippen LogP contribution in [0.4, 0.5) is 4.79 Å². The highest BCUT2D eigenvalue weighted by molar-refractivity contribution is 5.65. The molecule has 2 heterocycles. The summed E-state index contributed by atoms with van der Waals surface area (Å²) in [5, 5.41) is 10.7. The third-order valence-corrected chi connectivity index (χ3v) is 3.81. The highest BCUT2D eigenvalue weighted by Crippen LogP contribution is 2.34. The van der Waals surface area contributed by atoms with Crippen LogP contribution in [0.3, 0.4) is 0 Å². The molecular weight excluding hydrogens is 294 g/mol. The summed E-state index contributed by atoms with van der Waals surface area (Å²) < 4.78 is 20.6. The smallest absolute Gasteiger partial charge is 0.434 e. The first-order valence-electron chi connectivity index (χ1n) is 7.07. The number of furan rings is 1. The summed E-state index contributed by atoms with van der Waals surface area (Å²) in [6.07, 6.45) is 5.69. The zero-order chi connectivity index (χ0) is 15.5. The lowest BCUT2D eigenvalue weighted by Gasteiger charge is -2.23. The summed E-state index contributed by atoms with van der Waals surface area (Å²) >= 11 is 0. The number of carbonyl (C=O) groups excluding carboxylic acids is 1. The highest BCUT2D eigenvalue weighted by Gasteiger charge is 2.31. The van der Waals surface area contributed by atoms with Crippen molar-refractivity contribution in [2.75, 3.05) is 0 Å². The predicted octanol–water partition coefficient (Wildman–Crippen LogP) is 2.83. The van der Waals surface area contributed by atoms with Crippen LogP contribution in [0.25, 0.3) is 0 Å². The molecule has 0 radical (unpaired) electrons. The average molecular weight is 309 g/mol. The Balaban J connectivity index is 1.51. The van der Waals surface area contributed by atoms with Gasteiger partial charge in [0.2, 0.25) is 6.04 Å². The second-order valence-corrected chi connectivity index (χ2v) is 5.25. The molecule has 0 unspecified atom stereocenters. The van der Waals surface area contributed by atoms with Crippen molar-refractivity contribution in [3.63, 3.8) is 0 Å². The molecule has 118 valence electrons. The largest absolute Gasteiger partial charge is 0.514 e. The summed E-state index contributed by atoms with van der Waals surface area (Å²) in [4.78, 5) is 22.2. The number of nitrogens with zero attached hydrogens (tertiary/aromatic N) is 1. The minimum Gasteiger partial charge on any atom is -0.434 e. The predicted molar refractivity (Wildman–Crippen MR) is 72.3 cm³/mol. The van der Waals surface area contributed by atoms with Gasteiger partial charge in [0.1, 0.15) is 12.4 Å². The van der Waals surface area contributed by atoms with Gasteiger partial charge >= 0.3 is 6.16 Å². The van der Waals surface area contributed by atoms with Gasteiger partial charge in [0, 0.05) is 24.2 Å². The molecule has 0 saturated heterocycles.